The Hall–Kier alpha value is -1.40. The number of amides is 1. The summed E-state index contributed by atoms with van der Waals surface area (Å²) in [6, 6.07) is 7.86. The van der Waals surface area contributed by atoms with E-state index in [-0.39, 0.29) is 12.0 Å². The largest absolute Gasteiger partial charge is 0.479 e. The first-order chi connectivity index (χ1) is 10.0. The Bertz CT molecular complexity index is 520. The van der Waals surface area contributed by atoms with Gasteiger partial charge in [-0.2, -0.15) is 0 Å². The minimum atomic E-state index is -0.932. The second kappa shape index (κ2) is 7.56. The van der Waals surface area contributed by atoms with Crippen molar-refractivity contribution in [1.29, 1.82) is 0 Å². The number of benzene rings is 1. The molecule has 0 bridgehead atoms. The second-order valence-electron chi connectivity index (χ2n) is 5.10. The van der Waals surface area contributed by atoms with Crippen LogP contribution in [0.4, 0.5) is 0 Å². The van der Waals surface area contributed by atoms with Crippen LogP contribution in [0.2, 0.25) is 0 Å². The lowest BCUT2D eigenvalue weighted by atomic mass is 10.1. The summed E-state index contributed by atoms with van der Waals surface area (Å²) in [6.07, 6.45) is 1.34. The first-order valence-electron chi connectivity index (χ1n) is 6.94. The van der Waals surface area contributed by atoms with Gasteiger partial charge in [0.05, 0.1) is 6.10 Å². The van der Waals surface area contributed by atoms with Crippen molar-refractivity contribution in [3.63, 3.8) is 0 Å². The number of halogens is 1. The second-order valence-corrected chi connectivity index (χ2v) is 6.01. The fourth-order valence-electron chi connectivity index (χ4n) is 2.30. The van der Waals surface area contributed by atoms with Gasteiger partial charge in [-0.15, -0.1) is 0 Å². The number of ether oxygens (including phenoxy) is 1. The van der Waals surface area contributed by atoms with Crippen molar-refractivity contribution < 1.29 is 19.4 Å². The van der Waals surface area contributed by atoms with E-state index in [9.17, 15) is 9.59 Å². The third-order valence-corrected chi connectivity index (χ3v) is 3.93. The van der Waals surface area contributed by atoms with Crippen LogP contribution >= 0.6 is 15.9 Å². The molecule has 2 N–H and O–H groups in total. The van der Waals surface area contributed by atoms with Crippen molar-refractivity contribution in [2.45, 2.75) is 37.9 Å². The van der Waals surface area contributed by atoms with Crippen molar-refractivity contribution in [2.75, 3.05) is 6.54 Å². The van der Waals surface area contributed by atoms with Gasteiger partial charge in [0.15, 0.2) is 6.10 Å². The molecule has 5 nitrogen and oxygen atoms in total. The predicted molar refractivity (Wildman–Crippen MR) is 81.0 cm³/mol. The molecule has 0 spiro atoms. The number of rotatable bonds is 6. The zero-order valence-electron chi connectivity index (χ0n) is 11.5. The lowest BCUT2D eigenvalue weighted by molar-refractivity contribution is -0.149. The molecule has 114 valence electrons. The molecule has 2 rings (SSSR count). The fraction of sp³-hybridized carbons (Fsp3) is 0.467. The Morgan fingerprint density at radius 2 is 2.19 bits per heavy atom. The van der Waals surface area contributed by atoms with Gasteiger partial charge in [-0.25, -0.2) is 4.79 Å². The monoisotopic (exact) mass is 355 g/mol. The van der Waals surface area contributed by atoms with E-state index in [0.29, 0.717) is 32.2 Å². The van der Waals surface area contributed by atoms with Gasteiger partial charge in [0.25, 0.3) is 0 Å². The van der Waals surface area contributed by atoms with Crippen LogP contribution in [0.25, 0.3) is 0 Å². The number of carbonyl (C=O) groups excluding carboxylic acids is 1. The van der Waals surface area contributed by atoms with Crippen LogP contribution in [0.1, 0.15) is 24.8 Å². The van der Waals surface area contributed by atoms with Gasteiger partial charge >= 0.3 is 5.97 Å². The number of hydrogen-bond donors (Lipinski definition) is 2. The quantitative estimate of drug-likeness (QED) is 0.819. The molecule has 1 aromatic carbocycles. The summed E-state index contributed by atoms with van der Waals surface area (Å²) in [5.41, 5.74) is 1.10. The Morgan fingerprint density at radius 1 is 1.38 bits per heavy atom. The average molecular weight is 356 g/mol. The molecular weight excluding hydrogens is 338 g/mol. The molecule has 0 radical (unpaired) electrons. The fourth-order valence-corrected chi connectivity index (χ4v) is 2.75. The highest BCUT2D eigenvalue weighted by Gasteiger charge is 2.30. The Balaban J connectivity index is 1.67. The van der Waals surface area contributed by atoms with Crippen molar-refractivity contribution in [2.24, 2.45) is 0 Å². The summed E-state index contributed by atoms with van der Waals surface area (Å²) in [4.78, 5) is 22.5. The number of hydrogen-bond acceptors (Lipinski definition) is 3. The molecule has 2 atom stereocenters. The molecular formula is C15H18BrNO4. The standard InChI is InChI=1S/C15H18BrNO4/c16-11-3-1-2-10(8-11)4-7-14(18)17-9-12-5-6-13(21-12)15(19)20/h1-3,8,12-13H,4-7,9H2,(H,17,18)(H,19,20). The molecule has 0 aliphatic carbocycles. The highest BCUT2D eigenvalue weighted by atomic mass is 79.9. The Labute approximate surface area is 131 Å². The minimum absolute atomic E-state index is 0.0441. The Morgan fingerprint density at radius 3 is 2.86 bits per heavy atom. The number of carbonyl (C=O) groups is 2. The summed E-state index contributed by atoms with van der Waals surface area (Å²) >= 11 is 3.40. The highest BCUT2D eigenvalue weighted by molar-refractivity contribution is 9.10. The molecule has 1 aliphatic rings. The van der Waals surface area contributed by atoms with Crippen LogP contribution in [0.5, 0.6) is 0 Å². The number of aliphatic carboxylic acids is 1. The first-order valence-corrected chi connectivity index (χ1v) is 7.73. The zero-order chi connectivity index (χ0) is 15.2. The van der Waals surface area contributed by atoms with E-state index >= 15 is 0 Å². The SMILES string of the molecule is O=C(CCc1cccc(Br)c1)NCC1CCC(C(=O)O)O1. The number of aryl methyl sites for hydroxylation is 1. The molecule has 1 saturated heterocycles. The third kappa shape index (κ3) is 5.13. The maximum atomic E-state index is 11.8. The minimum Gasteiger partial charge on any atom is -0.479 e. The molecule has 1 aromatic rings. The van der Waals surface area contributed by atoms with E-state index < -0.39 is 12.1 Å². The van der Waals surface area contributed by atoms with E-state index in [1.807, 2.05) is 24.3 Å². The topological polar surface area (TPSA) is 75.6 Å². The van der Waals surface area contributed by atoms with Crippen LogP contribution in [0.3, 0.4) is 0 Å². The predicted octanol–water partition coefficient (Wildman–Crippen LogP) is 2.13. The van der Waals surface area contributed by atoms with Crippen LogP contribution in [-0.4, -0.2) is 35.7 Å². The van der Waals surface area contributed by atoms with Gasteiger partial charge in [0.1, 0.15) is 0 Å². The molecule has 21 heavy (non-hydrogen) atoms. The number of carboxylic acids is 1. The van der Waals surface area contributed by atoms with Gasteiger partial charge in [-0.3, -0.25) is 4.79 Å². The van der Waals surface area contributed by atoms with Crippen molar-refractivity contribution in [3.8, 4) is 0 Å². The third-order valence-electron chi connectivity index (χ3n) is 3.44. The van der Waals surface area contributed by atoms with E-state index in [1.54, 1.807) is 0 Å². The lowest BCUT2D eigenvalue weighted by Gasteiger charge is -2.12. The van der Waals surface area contributed by atoms with Gasteiger partial charge in [0.2, 0.25) is 5.91 Å². The van der Waals surface area contributed by atoms with E-state index in [0.717, 1.165) is 10.0 Å². The van der Waals surface area contributed by atoms with Crippen LogP contribution in [-0.2, 0) is 20.7 Å². The molecule has 2 unspecified atom stereocenters. The maximum absolute atomic E-state index is 11.8. The first kappa shape index (κ1) is 16.0. The van der Waals surface area contributed by atoms with Crippen LogP contribution < -0.4 is 5.32 Å². The molecule has 1 fully saturated rings. The number of carboxylic acid groups (broad SMARTS) is 1. The van der Waals surface area contributed by atoms with Crippen molar-refractivity contribution in [1.82, 2.24) is 5.32 Å². The molecule has 1 heterocycles. The highest BCUT2D eigenvalue weighted by Crippen LogP contribution is 2.19. The van der Waals surface area contributed by atoms with Gasteiger partial charge in [0, 0.05) is 17.4 Å². The summed E-state index contributed by atoms with van der Waals surface area (Å²) in [5, 5.41) is 11.6. The molecule has 1 aliphatic heterocycles. The number of nitrogens with one attached hydrogen (secondary N) is 1. The average Bonchev–Trinajstić information content (AvgIpc) is 2.92. The summed E-state index contributed by atoms with van der Waals surface area (Å²) in [7, 11) is 0. The Kier molecular flexibility index (Phi) is 5.76. The van der Waals surface area contributed by atoms with E-state index in [2.05, 4.69) is 21.2 Å². The van der Waals surface area contributed by atoms with Gasteiger partial charge in [-0.05, 0) is 37.0 Å². The smallest absolute Gasteiger partial charge is 0.332 e. The molecule has 0 aromatic heterocycles. The molecule has 6 heteroatoms. The zero-order valence-corrected chi connectivity index (χ0v) is 13.1. The summed E-state index contributed by atoms with van der Waals surface area (Å²) in [6.45, 7) is 0.376. The molecule has 0 saturated carbocycles. The van der Waals surface area contributed by atoms with Crippen molar-refractivity contribution in [3.05, 3.63) is 34.3 Å². The summed E-state index contributed by atoms with van der Waals surface area (Å²) in [5.74, 6) is -0.976. The maximum Gasteiger partial charge on any atom is 0.332 e. The van der Waals surface area contributed by atoms with Gasteiger partial charge in [-0.1, -0.05) is 28.1 Å². The van der Waals surface area contributed by atoms with E-state index in [4.69, 9.17) is 9.84 Å². The normalized spacial score (nSPS) is 21.2. The van der Waals surface area contributed by atoms with E-state index in [1.165, 1.54) is 0 Å². The van der Waals surface area contributed by atoms with Gasteiger partial charge < -0.3 is 15.2 Å². The van der Waals surface area contributed by atoms with Crippen LogP contribution in [0, 0.1) is 0 Å². The van der Waals surface area contributed by atoms with Crippen molar-refractivity contribution >= 4 is 27.8 Å². The summed E-state index contributed by atoms with van der Waals surface area (Å²) < 4.78 is 6.33. The molecule has 1 amide bonds. The lowest BCUT2D eigenvalue weighted by Crippen LogP contribution is -2.33. The van der Waals surface area contributed by atoms with Crippen LogP contribution in [0.15, 0.2) is 28.7 Å².